The maximum Gasteiger partial charge on any atom is 0.146 e. The molecule has 0 amide bonds. The molecule has 3 aliphatic rings. The van der Waals surface area contributed by atoms with E-state index in [-0.39, 0.29) is 11.3 Å². The normalized spacial score (nSPS) is 48.6. The Labute approximate surface area is 135 Å². The number of ether oxygens (including phenoxy) is 2. The van der Waals surface area contributed by atoms with Crippen molar-refractivity contribution in [3.63, 3.8) is 0 Å². The molecule has 3 saturated carbocycles. The highest BCUT2D eigenvalue weighted by Crippen LogP contribution is 2.64. The maximum absolute atomic E-state index is 12.2. The summed E-state index contributed by atoms with van der Waals surface area (Å²) in [7, 11) is 1.70. The number of hydrogen-bond donors (Lipinski definition) is 0. The van der Waals surface area contributed by atoms with Crippen LogP contribution in [0.3, 0.4) is 0 Å². The molecule has 0 aliphatic heterocycles. The fourth-order valence-electron chi connectivity index (χ4n) is 6.31. The SMILES string of the molecule is COCO[C@@H]1CCC[C@H]2[C@@]1(C)CC[C@H]1[C@H](C)C(=O)CC[C@]21C. The molecule has 0 heterocycles. The smallest absolute Gasteiger partial charge is 0.146 e. The Morgan fingerprint density at radius 1 is 1.14 bits per heavy atom. The predicted molar refractivity (Wildman–Crippen MR) is 86.4 cm³/mol. The number of carbonyl (C=O) groups excluding carboxylic acids is 1. The molecule has 126 valence electrons. The maximum atomic E-state index is 12.2. The van der Waals surface area contributed by atoms with Gasteiger partial charge in [-0.25, -0.2) is 0 Å². The molecule has 0 radical (unpaired) electrons. The first-order valence-corrected chi connectivity index (χ1v) is 9.06. The van der Waals surface area contributed by atoms with Crippen LogP contribution in [0.2, 0.25) is 0 Å². The standard InChI is InChI=1S/C19H32O3/c1-13-14-8-10-19(3)16(18(14,2)11-9-15(13)20)6-5-7-17(19)22-12-21-4/h13-14,16-17H,5-12H2,1-4H3/t13-,14-,16+,17+,18-,19+/m0/s1. The first-order valence-electron chi connectivity index (χ1n) is 9.06. The highest BCUT2D eigenvalue weighted by Gasteiger charge is 2.60. The second-order valence-electron chi connectivity index (χ2n) is 8.46. The van der Waals surface area contributed by atoms with E-state index in [9.17, 15) is 4.79 Å². The van der Waals surface area contributed by atoms with Crippen LogP contribution in [0.25, 0.3) is 0 Å². The van der Waals surface area contributed by atoms with E-state index in [1.807, 2.05) is 0 Å². The number of Topliss-reactive ketones (excluding diaryl/α,β-unsaturated/α-hetero) is 1. The summed E-state index contributed by atoms with van der Waals surface area (Å²) in [5.41, 5.74) is 0.567. The van der Waals surface area contributed by atoms with Gasteiger partial charge in [0.1, 0.15) is 12.6 Å². The summed E-state index contributed by atoms with van der Waals surface area (Å²) in [6.45, 7) is 7.50. The van der Waals surface area contributed by atoms with Crippen LogP contribution >= 0.6 is 0 Å². The van der Waals surface area contributed by atoms with E-state index < -0.39 is 0 Å². The molecule has 0 N–H and O–H groups in total. The summed E-state index contributed by atoms with van der Waals surface area (Å²) >= 11 is 0. The predicted octanol–water partition coefficient (Wildman–Crippen LogP) is 4.20. The molecule has 0 aromatic carbocycles. The zero-order valence-electron chi connectivity index (χ0n) is 14.7. The van der Waals surface area contributed by atoms with Gasteiger partial charge in [-0.15, -0.1) is 0 Å². The van der Waals surface area contributed by atoms with Crippen LogP contribution in [0.1, 0.15) is 65.7 Å². The summed E-state index contributed by atoms with van der Waals surface area (Å²) in [6, 6.07) is 0. The third-order valence-corrected chi connectivity index (χ3v) is 7.54. The van der Waals surface area contributed by atoms with Gasteiger partial charge in [0.05, 0.1) is 6.10 Å². The van der Waals surface area contributed by atoms with Crippen molar-refractivity contribution in [1.29, 1.82) is 0 Å². The molecular formula is C19H32O3. The van der Waals surface area contributed by atoms with Crippen molar-refractivity contribution in [1.82, 2.24) is 0 Å². The first-order chi connectivity index (χ1) is 10.4. The van der Waals surface area contributed by atoms with Gasteiger partial charge in [0, 0.05) is 19.4 Å². The number of hydrogen-bond acceptors (Lipinski definition) is 3. The average molecular weight is 308 g/mol. The van der Waals surface area contributed by atoms with E-state index in [2.05, 4.69) is 20.8 Å². The third kappa shape index (κ3) is 2.36. The summed E-state index contributed by atoms with van der Waals surface area (Å²) < 4.78 is 11.3. The van der Waals surface area contributed by atoms with Gasteiger partial charge in [-0.2, -0.15) is 0 Å². The molecule has 3 nitrogen and oxygen atoms in total. The minimum Gasteiger partial charge on any atom is -0.359 e. The zero-order valence-corrected chi connectivity index (χ0v) is 14.7. The molecule has 22 heavy (non-hydrogen) atoms. The van der Waals surface area contributed by atoms with Gasteiger partial charge in [0.15, 0.2) is 0 Å². The average Bonchev–Trinajstić information content (AvgIpc) is 2.49. The monoisotopic (exact) mass is 308 g/mol. The van der Waals surface area contributed by atoms with Gasteiger partial charge in [-0.05, 0) is 54.8 Å². The van der Waals surface area contributed by atoms with Gasteiger partial charge in [-0.1, -0.05) is 27.2 Å². The second-order valence-corrected chi connectivity index (χ2v) is 8.46. The summed E-state index contributed by atoms with van der Waals surface area (Å²) in [5.74, 6) is 2.01. The summed E-state index contributed by atoms with van der Waals surface area (Å²) in [6.07, 6.45) is 8.27. The molecule has 0 spiro atoms. The molecular weight excluding hydrogens is 276 g/mol. The molecule has 3 rings (SSSR count). The summed E-state index contributed by atoms with van der Waals surface area (Å²) in [4.78, 5) is 12.2. The Morgan fingerprint density at radius 2 is 1.91 bits per heavy atom. The van der Waals surface area contributed by atoms with Crippen LogP contribution in [-0.4, -0.2) is 25.8 Å². The molecule has 3 fully saturated rings. The van der Waals surface area contributed by atoms with Crippen LogP contribution in [0.15, 0.2) is 0 Å². The van der Waals surface area contributed by atoms with Gasteiger partial charge in [0.2, 0.25) is 0 Å². The van der Waals surface area contributed by atoms with E-state index in [1.165, 1.54) is 25.7 Å². The van der Waals surface area contributed by atoms with Crippen molar-refractivity contribution in [2.45, 2.75) is 71.8 Å². The van der Waals surface area contributed by atoms with Crippen molar-refractivity contribution in [2.75, 3.05) is 13.9 Å². The zero-order chi connectivity index (χ0) is 16.0. The molecule has 0 bridgehead atoms. The van der Waals surface area contributed by atoms with Gasteiger partial charge in [0.25, 0.3) is 0 Å². The molecule has 0 saturated heterocycles. The topological polar surface area (TPSA) is 35.5 Å². The van der Waals surface area contributed by atoms with Crippen LogP contribution in [0.5, 0.6) is 0 Å². The van der Waals surface area contributed by atoms with Crippen molar-refractivity contribution in [2.24, 2.45) is 28.6 Å². The Hall–Kier alpha value is -0.410. The van der Waals surface area contributed by atoms with Crippen molar-refractivity contribution < 1.29 is 14.3 Å². The number of carbonyl (C=O) groups is 1. The third-order valence-electron chi connectivity index (χ3n) is 7.54. The van der Waals surface area contributed by atoms with Crippen LogP contribution in [0, 0.1) is 28.6 Å². The fourth-order valence-corrected chi connectivity index (χ4v) is 6.31. The van der Waals surface area contributed by atoms with Crippen LogP contribution in [0.4, 0.5) is 0 Å². The number of fused-ring (bicyclic) bond motifs is 3. The van der Waals surface area contributed by atoms with Crippen LogP contribution in [-0.2, 0) is 14.3 Å². The largest absolute Gasteiger partial charge is 0.359 e. The first kappa shape index (κ1) is 16.4. The van der Waals surface area contributed by atoms with Crippen molar-refractivity contribution in [3.05, 3.63) is 0 Å². The van der Waals surface area contributed by atoms with Gasteiger partial charge < -0.3 is 9.47 Å². The minimum atomic E-state index is 0.252. The number of ketones is 1. The van der Waals surface area contributed by atoms with Crippen molar-refractivity contribution >= 4 is 5.78 Å². The molecule has 0 aromatic heterocycles. The lowest BCUT2D eigenvalue weighted by atomic mass is 9.43. The van der Waals surface area contributed by atoms with E-state index in [4.69, 9.17) is 9.47 Å². The number of rotatable bonds is 3. The van der Waals surface area contributed by atoms with E-state index in [1.54, 1.807) is 7.11 Å². The molecule has 3 aliphatic carbocycles. The van der Waals surface area contributed by atoms with E-state index in [0.29, 0.717) is 35.9 Å². The molecule has 6 atom stereocenters. The summed E-state index contributed by atoms with van der Waals surface area (Å²) in [5, 5.41) is 0. The molecule has 0 aromatic rings. The van der Waals surface area contributed by atoms with Gasteiger partial charge >= 0.3 is 0 Å². The fraction of sp³-hybridized carbons (Fsp3) is 0.947. The lowest BCUT2D eigenvalue weighted by Gasteiger charge is -2.63. The second kappa shape index (κ2) is 5.90. The lowest BCUT2D eigenvalue weighted by molar-refractivity contribution is -0.202. The van der Waals surface area contributed by atoms with E-state index >= 15 is 0 Å². The van der Waals surface area contributed by atoms with E-state index in [0.717, 1.165) is 19.3 Å². The van der Waals surface area contributed by atoms with Crippen molar-refractivity contribution in [3.8, 4) is 0 Å². The Balaban J connectivity index is 1.88. The highest BCUT2D eigenvalue weighted by molar-refractivity contribution is 5.82. The molecule has 0 unspecified atom stereocenters. The van der Waals surface area contributed by atoms with Gasteiger partial charge in [-0.3, -0.25) is 4.79 Å². The Kier molecular flexibility index (Phi) is 4.41. The quantitative estimate of drug-likeness (QED) is 0.733. The minimum absolute atomic E-state index is 0.252. The lowest BCUT2D eigenvalue weighted by Crippen LogP contribution is -2.59. The number of methoxy groups -OCH3 is 1. The highest BCUT2D eigenvalue weighted by atomic mass is 16.7. The van der Waals surface area contributed by atoms with Crippen LogP contribution < -0.4 is 0 Å². The molecule has 3 heteroatoms. The Bertz CT molecular complexity index is 434. The Morgan fingerprint density at radius 3 is 2.64 bits per heavy atom.